The maximum absolute atomic E-state index is 12.9. The third-order valence-corrected chi connectivity index (χ3v) is 3.25. The number of hydrogen-bond donors (Lipinski definition) is 0. The van der Waals surface area contributed by atoms with Crippen molar-refractivity contribution in [2.45, 2.75) is 31.7 Å². The molecule has 0 saturated heterocycles. The van der Waals surface area contributed by atoms with E-state index < -0.39 is 5.92 Å². The minimum atomic E-state index is -2.52. The van der Waals surface area contributed by atoms with Crippen LogP contribution in [0.4, 0.5) is 8.78 Å². The molecule has 2 heterocycles. The van der Waals surface area contributed by atoms with E-state index in [0.717, 1.165) is 11.4 Å². The predicted molar refractivity (Wildman–Crippen MR) is 63.4 cm³/mol. The lowest BCUT2D eigenvalue weighted by atomic mass is 9.88. The minimum Gasteiger partial charge on any atom is -0.326 e. The van der Waals surface area contributed by atoms with Crippen molar-refractivity contribution in [2.24, 2.45) is 0 Å². The van der Waals surface area contributed by atoms with Crippen LogP contribution in [0.5, 0.6) is 0 Å². The lowest BCUT2D eigenvalue weighted by Crippen LogP contribution is -2.37. The zero-order chi connectivity index (χ0) is 12.8. The largest absolute Gasteiger partial charge is 0.326 e. The number of nitrogens with zero attached hydrogens (tertiary/aromatic N) is 3. The predicted octanol–water partition coefficient (Wildman–Crippen LogP) is 3.22. The lowest BCUT2D eigenvalue weighted by molar-refractivity contribution is -0.103. The lowest BCUT2D eigenvalue weighted by Gasteiger charge is -2.36. The van der Waals surface area contributed by atoms with E-state index in [2.05, 4.69) is 9.97 Å². The van der Waals surface area contributed by atoms with Crippen molar-refractivity contribution in [2.75, 3.05) is 0 Å². The van der Waals surface area contributed by atoms with Crippen LogP contribution in [-0.4, -0.2) is 20.5 Å². The molecule has 1 aliphatic rings. The topological polar surface area (TPSA) is 30.7 Å². The van der Waals surface area contributed by atoms with Crippen LogP contribution in [0, 0.1) is 6.92 Å². The number of aromatic nitrogens is 3. The number of pyridine rings is 1. The summed E-state index contributed by atoms with van der Waals surface area (Å²) in [5, 5.41) is 0. The molecular weight excluding hydrogens is 236 g/mol. The summed E-state index contributed by atoms with van der Waals surface area (Å²) in [6.07, 6.45) is 3.17. The highest BCUT2D eigenvalue weighted by molar-refractivity contribution is 5.50. The molecule has 1 saturated carbocycles. The number of alkyl halides is 2. The average Bonchev–Trinajstić information content (AvgIpc) is 2.74. The SMILES string of the molecule is Cc1cccc(-c2nccn2C2CC(F)(F)C2)n1. The van der Waals surface area contributed by atoms with Crippen LogP contribution < -0.4 is 0 Å². The van der Waals surface area contributed by atoms with Crippen molar-refractivity contribution in [3.63, 3.8) is 0 Å². The Morgan fingerprint density at radius 3 is 2.78 bits per heavy atom. The van der Waals surface area contributed by atoms with E-state index in [0.29, 0.717) is 5.82 Å². The first-order valence-electron chi connectivity index (χ1n) is 5.90. The first-order chi connectivity index (χ1) is 8.55. The Morgan fingerprint density at radius 1 is 1.33 bits per heavy atom. The van der Waals surface area contributed by atoms with E-state index in [9.17, 15) is 8.78 Å². The molecule has 3 rings (SSSR count). The summed E-state index contributed by atoms with van der Waals surface area (Å²) in [7, 11) is 0. The molecule has 0 unspecified atom stereocenters. The van der Waals surface area contributed by atoms with Gasteiger partial charge in [0, 0.05) is 37.0 Å². The van der Waals surface area contributed by atoms with E-state index in [1.54, 1.807) is 17.0 Å². The molecule has 1 fully saturated rings. The smallest absolute Gasteiger partial charge is 0.252 e. The summed E-state index contributed by atoms with van der Waals surface area (Å²) < 4.78 is 27.7. The van der Waals surface area contributed by atoms with Gasteiger partial charge in [0.2, 0.25) is 0 Å². The number of rotatable bonds is 2. The van der Waals surface area contributed by atoms with Crippen LogP contribution in [0.1, 0.15) is 24.6 Å². The van der Waals surface area contributed by atoms with Gasteiger partial charge in [-0.1, -0.05) is 6.07 Å². The zero-order valence-electron chi connectivity index (χ0n) is 9.98. The van der Waals surface area contributed by atoms with Gasteiger partial charge in [0.15, 0.2) is 5.82 Å². The number of halogens is 2. The van der Waals surface area contributed by atoms with Crippen LogP contribution in [0.25, 0.3) is 11.5 Å². The molecule has 0 N–H and O–H groups in total. The summed E-state index contributed by atoms with van der Waals surface area (Å²) in [6.45, 7) is 1.90. The molecule has 0 aromatic carbocycles. The van der Waals surface area contributed by atoms with Gasteiger partial charge >= 0.3 is 0 Å². The zero-order valence-corrected chi connectivity index (χ0v) is 9.98. The number of imidazole rings is 1. The van der Waals surface area contributed by atoms with Gasteiger partial charge in [-0.2, -0.15) is 0 Å². The van der Waals surface area contributed by atoms with Crippen molar-refractivity contribution in [1.29, 1.82) is 0 Å². The Kier molecular flexibility index (Phi) is 2.43. The van der Waals surface area contributed by atoms with E-state index in [-0.39, 0.29) is 18.9 Å². The highest BCUT2D eigenvalue weighted by Crippen LogP contribution is 2.46. The maximum Gasteiger partial charge on any atom is 0.252 e. The molecule has 1 aliphatic carbocycles. The van der Waals surface area contributed by atoms with Gasteiger partial charge in [-0.05, 0) is 19.1 Å². The molecule has 3 nitrogen and oxygen atoms in total. The van der Waals surface area contributed by atoms with Gasteiger partial charge in [0.05, 0.1) is 0 Å². The minimum absolute atomic E-state index is 0.109. The van der Waals surface area contributed by atoms with Crippen molar-refractivity contribution in [1.82, 2.24) is 14.5 Å². The normalized spacial score (nSPS) is 18.6. The summed E-state index contributed by atoms with van der Waals surface area (Å²) >= 11 is 0. The van der Waals surface area contributed by atoms with Gasteiger partial charge in [-0.15, -0.1) is 0 Å². The quantitative estimate of drug-likeness (QED) is 0.818. The molecular formula is C13H13F2N3. The third-order valence-electron chi connectivity index (χ3n) is 3.25. The molecule has 0 spiro atoms. The maximum atomic E-state index is 12.9. The van der Waals surface area contributed by atoms with Gasteiger partial charge in [0.1, 0.15) is 5.69 Å². The Labute approximate surface area is 103 Å². The van der Waals surface area contributed by atoms with E-state index in [4.69, 9.17) is 0 Å². The first-order valence-corrected chi connectivity index (χ1v) is 5.90. The molecule has 0 aliphatic heterocycles. The van der Waals surface area contributed by atoms with Crippen LogP contribution in [0.15, 0.2) is 30.6 Å². The van der Waals surface area contributed by atoms with Crippen molar-refractivity contribution >= 4 is 0 Å². The summed E-state index contributed by atoms with van der Waals surface area (Å²) in [5.41, 5.74) is 1.62. The molecule has 0 amide bonds. The highest BCUT2D eigenvalue weighted by atomic mass is 19.3. The standard InChI is InChI=1S/C13H13F2N3/c1-9-3-2-4-11(17-9)12-16-5-6-18(12)10-7-13(14,15)8-10/h2-6,10H,7-8H2,1H3. The van der Waals surface area contributed by atoms with Gasteiger partial charge in [0.25, 0.3) is 5.92 Å². The van der Waals surface area contributed by atoms with Crippen LogP contribution >= 0.6 is 0 Å². The molecule has 2 aromatic rings. The second kappa shape index (κ2) is 3.86. The Hall–Kier alpha value is -1.78. The molecule has 5 heteroatoms. The Bertz CT molecular complexity index is 569. The second-order valence-electron chi connectivity index (χ2n) is 4.74. The fourth-order valence-corrected chi connectivity index (χ4v) is 2.30. The summed E-state index contributed by atoms with van der Waals surface area (Å²) in [4.78, 5) is 8.62. The molecule has 2 aromatic heterocycles. The second-order valence-corrected chi connectivity index (χ2v) is 4.74. The van der Waals surface area contributed by atoms with Gasteiger partial charge in [-0.25, -0.2) is 18.7 Å². The van der Waals surface area contributed by atoms with Crippen molar-refractivity contribution in [3.05, 3.63) is 36.3 Å². The van der Waals surface area contributed by atoms with E-state index in [1.807, 2.05) is 25.1 Å². The molecule has 0 atom stereocenters. The van der Waals surface area contributed by atoms with Crippen LogP contribution in [0.2, 0.25) is 0 Å². The molecule has 94 valence electrons. The van der Waals surface area contributed by atoms with Crippen molar-refractivity contribution < 1.29 is 8.78 Å². The Balaban J connectivity index is 1.93. The highest BCUT2D eigenvalue weighted by Gasteiger charge is 2.46. The van der Waals surface area contributed by atoms with Crippen LogP contribution in [-0.2, 0) is 0 Å². The monoisotopic (exact) mass is 249 g/mol. The first kappa shape index (κ1) is 11.3. The van der Waals surface area contributed by atoms with Crippen molar-refractivity contribution in [3.8, 4) is 11.5 Å². The van der Waals surface area contributed by atoms with Gasteiger partial charge in [-0.3, -0.25) is 0 Å². The molecule has 0 radical (unpaired) electrons. The fraction of sp³-hybridized carbons (Fsp3) is 0.385. The van der Waals surface area contributed by atoms with Crippen LogP contribution in [0.3, 0.4) is 0 Å². The fourth-order valence-electron chi connectivity index (χ4n) is 2.30. The third kappa shape index (κ3) is 1.89. The average molecular weight is 249 g/mol. The molecule has 18 heavy (non-hydrogen) atoms. The van der Waals surface area contributed by atoms with E-state index >= 15 is 0 Å². The number of aryl methyl sites for hydroxylation is 1. The van der Waals surface area contributed by atoms with Gasteiger partial charge < -0.3 is 4.57 Å². The number of hydrogen-bond acceptors (Lipinski definition) is 2. The summed E-state index contributed by atoms with van der Waals surface area (Å²) in [6, 6.07) is 5.48. The molecule has 0 bridgehead atoms. The Morgan fingerprint density at radius 2 is 2.11 bits per heavy atom. The summed E-state index contributed by atoms with van der Waals surface area (Å²) in [5.74, 6) is -1.86. The van der Waals surface area contributed by atoms with E-state index in [1.165, 1.54) is 0 Å².